The molecule has 0 aliphatic carbocycles. The zero-order chi connectivity index (χ0) is 21.4. The standard InChI is InChI=1S/C19H16ClN3O3S.C2H6/c1-21-27(25,26)15-8-5-13(6-9-15)19(24)23-14-7-10-17(20)16(12-14)18-4-2-3-11-22-18;1-2/h2-12,21H,1H3,(H,23,24);1-2H3. The van der Waals surface area contributed by atoms with Crippen LogP contribution in [0.1, 0.15) is 24.2 Å². The molecule has 0 fully saturated rings. The van der Waals surface area contributed by atoms with Crippen LogP contribution < -0.4 is 10.0 Å². The first-order valence-corrected chi connectivity index (χ1v) is 10.8. The van der Waals surface area contributed by atoms with Crippen molar-refractivity contribution in [2.24, 2.45) is 0 Å². The second-order valence-corrected chi connectivity index (χ2v) is 7.89. The highest BCUT2D eigenvalue weighted by molar-refractivity contribution is 7.89. The van der Waals surface area contributed by atoms with Gasteiger partial charge in [-0.25, -0.2) is 13.1 Å². The number of anilines is 1. The zero-order valence-corrected chi connectivity index (χ0v) is 17.9. The molecule has 8 heteroatoms. The summed E-state index contributed by atoms with van der Waals surface area (Å²) >= 11 is 6.24. The first-order chi connectivity index (χ1) is 13.9. The van der Waals surface area contributed by atoms with Crippen LogP contribution in [0.2, 0.25) is 5.02 Å². The van der Waals surface area contributed by atoms with Gasteiger partial charge in [-0.1, -0.05) is 31.5 Å². The lowest BCUT2D eigenvalue weighted by Gasteiger charge is -2.10. The molecule has 0 aliphatic heterocycles. The van der Waals surface area contributed by atoms with E-state index in [4.69, 9.17) is 11.6 Å². The van der Waals surface area contributed by atoms with Crippen LogP contribution in [0.4, 0.5) is 5.69 Å². The molecule has 0 saturated carbocycles. The van der Waals surface area contributed by atoms with Crippen molar-refractivity contribution in [2.45, 2.75) is 18.7 Å². The monoisotopic (exact) mass is 431 g/mol. The number of sulfonamides is 1. The number of hydrogen-bond donors (Lipinski definition) is 2. The van der Waals surface area contributed by atoms with E-state index in [0.717, 1.165) is 0 Å². The Morgan fingerprint density at radius 2 is 1.69 bits per heavy atom. The average molecular weight is 432 g/mol. The first kappa shape index (κ1) is 22.5. The molecule has 0 radical (unpaired) electrons. The van der Waals surface area contributed by atoms with Crippen molar-refractivity contribution in [1.29, 1.82) is 0 Å². The van der Waals surface area contributed by atoms with Crippen LogP contribution in [0.5, 0.6) is 0 Å². The summed E-state index contributed by atoms with van der Waals surface area (Å²) in [4.78, 5) is 16.8. The van der Waals surface area contributed by atoms with Crippen molar-refractivity contribution in [1.82, 2.24) is 9.71 Å². The summed E-state index contributed by atoms with van der Waals surface area (Å²) in [7, 11) is -2.21. The van der Waals surface area contributed by atoms with Crippen molar-refractivity contribution >= 4 is 33.2 Å². The van der Waals surface area contributed by atoms with Gasteiger partial charge in [0.05, 0.1) is 15.6 Å². The number of nitrogens with zero attached hydrogens (tertiary/aromatic N) is 1. The van der Waals surface area contributed by atoms with Gasteiger partial charge in [-0.2, -0.15) is 0 Å². The van der Waals surface area contributed by atoms with E-state index >= 15 is 0 Å². The molecule has 3 rings (SSSR count). The molecule has 0 atom stereocenters. The van der Waals surface area contributed by atoms with E-state index in [9.17, 15) is 13.2 Å². The van der Waals surface area contributed by atoms with Gasteiger partial charge in [0.1, 0.15) is 0 Å². The minimum atomic E-state index is -3.54. The molecule has 0 saturated heterocycles. The molecule has 1 amide bonds. The number of hydrogen-bond acceptors (Lipinski definition) is 4. The van der Waals surface area contributed by atoms with Gasteiger partial charge in [-0.3, -0.25) is 9.78 Å². The lowest BCUT2D eigenvalue weighted by Crippen LogP contribution is -2.19. The molecule has 3 aromatic rings. The molecule has 2 N–H and O–H groups in total. The average Bonchev–Trinajstić information content (AvgIpc) is 2.77. The topological polar surface area (TPSA) is 88.2 Å². The number of halogens is 1. The first-order valence-electron chi connectivity index (χ1n) is 8.96. The third kappa shape index (κ3) is 5.63. The van der Waals surface area contributed by atoms with Gasteiger partial charge in [0, 0.05) is 23.0 Å². The van der Waals surface area contributed by atoms with Crippen LogP contribution >= 0.6 is 11.6 Å². The summed E-state index contributed by atoms with van der Waals surface area (Å²) in [6.07, 6.45) is 1.66. The fraction of sp³-hybridized carbons (Fsp3) is 0.143. The summed E-state index contributed by atoms with van der Waals surface area (Å²) in [5.41, 5.74) is 2.28. The summed E-state index contributed by atoms with van der Waals surface area (Å²) in [6, 6.07) is 16.3. The van der Waals surface area contributed by atoms with Crippen LogP contribution in [-0.4, -0.2) is 26.4 Å². The fourth-order valence-corrected chi connectivity index (χ4v) is 3.37. The Labute approximate surface area is 176 Å². The molecule has 0 aliphatic rings. The number of amides is 1. The highest BCUT2D eigenvalue weighted by atomic mass is 35.5. The number of nitrogens with one attached hydrogen (secondary N) is 2. The third-order valence-electron chi connectivity index (χ3n) is 3.86. The molecule has 1 aromatic heterocycles. The van der Waals surface area contributed by atoms with Gasteiger partial charge in [0.15, 0.2) is 0 Å². The predicted molar refractivity (Wildman–Crippen MR) is 117 cm³/mol. The van der Waals surface area contributed by atoms with E-state index in [0.29, 0.717) is 27.5 Å². The van der Waals surface area contributed by atoms with Crippen LogP contribution in [0, 0.1) is 0 Å². The van der Waals surface area contributed by atoms with E-state index in [-0.39, 0.29) is 10.8 Å². The molecule has 1 heterocycles. The molecular weight excluding hydrogens is 410 g/mol. The molecule has 152 valence electrons. The Morgan fingerprint density at radius 3 is 2.28 bits per heavy atom. The van der Waals surface area contributed by atoms with Crippen LogP contribution in [0.3, 0.4) is 0 Å². The van der Waals surface area contributed by atoms with E-state index in [1.165, 1.54) is 31.3 Å². The maximum atomic E-state index is 12.5. The summed E-state index contributed by atoms with van der Waals surface area (Å²) in [5, 5.41) is 3.30. The number of aromatic nitrogens is 1. The van der Waals surface area contributed by atoms with Crippen LogP contribution in [0.15, 0.2) is 71.8 Å². The molecule has 6 nitrogen and oxygen atoms in total. The van der Waals surface area contributed by atoms with E-state index < -0.39 is 10.0 Å². The summed E-state index contributed by atoms with van der Waals surface area (Å²) in [5.74, 6) is -0.363. The van der Waals surface area contributed by atoms with Gasteiger partial charge in [-0.15, -0.1) is 0 Å². The normalized spacial score (nSPS) is 10.6. The van der Waals surface area contributed by atoms with Gasteiger partial charge in [0.2, 0.25) is 10.0 Å². The van der Waals surface area contributed by atoms with Crippen molar-refractivity contribution < 1.29 is 13.2 Å². The fourth-order valence-electron chi connectivity index (χ4n) is 2.43. The Bertz CT molecular complexity index is 1070. The van der Waals surface area contributed by atoms with E-state index in [2.05, 4.69) is 15.0 Å². The zero-order valence-electron chi connectivity index (χ0n) is 16.3. The summed E-state index contributed by atoms with van der Waals surface area (Å²) < 4.78 is 25.7. The van der Waals surface area contributed by atoms with Crippen molar-refractivity contribution in [2.75, 3.05) is 12.4 Å². The Morgan fingerprint density at radius 1 is 1.00 bits per heavy atom. The summed E-state index contributed by atoms with van der Waals surface area (Å²) in [6.45, 7) is 4.00. The Hall–Kier alpha value is -2.74. The second-order valence-electron chi connectivity index (χ2n) is 5.60. The third-order valence-corrected chi connectivity index (χ3v) is 5.62. The number of rotatable bonds is 5. The smallest absolute Gasteiger partial charge is 0.255 e. The van der Waals surface area contributed by atoms with E-state index in [1.807, 2.05) is 26.0 Å². The Balaban J connectivity index is 0.00000145. The number of carbonyl (C=O) groups is 1. The van der Waals surface area contributed by atoms with Crippen molar-refractivity contribution in [3.8, 4) is 11.3 Å². The lowest BCUT2D eigenvalue weighted by molar-refractivity contribution is 0.102. The molecule has 29 heavy (non-hydrogen) atoms. The molecule has 2 aromatic carbocycles. The molecule has 0 spiro atoms. The number of benzene rings is 2. The van der Waals surface area contributed by atoms with Gasteiger partial charge < -0.3 is 5.32 Å². The number of pyridine rings is 1. The van der Waals surface area contributed by atoms with Crippen molar-refractivity contribution in [3.63, 3.8) is 0 Å². The van der Waals surface area contributed by atoms with Crippen molar-refractivity contribution in [3.05, 3.63) is 77.4 Å². The van der Waals surface area contributed by atoms with Crippen LogP contribution in [0.25, 0.3) is 11.3 Å². The second kappa shape index (κ2) is 10.2. The minimum absolute atomic E-state index is 0.0884. The van der Waals surface area contributed by atoms with Gasteiger partial charge in [-0.05, 0) is 61.6 Å². The molecule has 0 unspecified atom stereocenters. The predicted octanol–water partition coefficient (Wildman–Crippen LogP) is 4.59. The maximum Gasteiger partial charge on any atom is 0.255 e. The van der Waals surface area contributed by atoms with Gasteiger partial charge in [0.25, 0.3) is 5.91 Å². The highest BCUT2D eigenvalue weighted by Gasteiger charge is 2.13. The number of carbonyl (C=O) groups excluding carboxylic acids is 1. The highest BCUT2D eigenvalue weighted by Crippen LogP contribution is 2.29. The molecule has 0 bridgehead atoms. The largest absolute Gasteiger partial charge is 0.322 e. The van der Waals surface area contributed by atoms with Crippen LogP contribution in [-0.2, 0) is 10.0 Å². The minimum Gasteiger partial charge on any atom is -0.322 e. The molecular formula is C21H22ClN3O3S. The quantitative estimate of drug-likeness (QED) is 0.618. The Kier molecular flexibility index (Phi) is 7.90. The SMILES string of the molecule is CC.CNS(=O)(=O)c1ccc(C(=O)Nc2ccc(Cl)c(-c3ccccn3)c2)cc1. The lowest BCUT2D eigenvalue weighted by atomic mass is 10.1. The van der Waals surface area contributed by atoms with Gasteiger partial charge >= 0.3 is 0 Å². The van der Waals surface area contributed by atoms with E-state index in [1.54, 1.807) is 30.5 Å². The maximum absolute atomic E-state index is 12.5.